The molecule has 0 aliphatic carbocycles. The van der Waals surface area contributed by atoms with Crippen molar-refractivity contribution in [2.45, 2.75) is 6.92 Å². The predicted molar refractivity (Wildman–Crippen MR) is 73.8 cm³/mol. The summed E-state index contributed by atoms with van der Waals surface area (Å²) in [7, 11) is 0. The van der Waals surface area contributed by atoms with Crippen molar-refractivity contribution in [3.63, 3.8) is 0 Å². The Morgan fingerprint density at radius 2 is 2.22 bits per heavy atom. The summed E-state index contributed by atoms with van der Waals surface area (Å²) in [6.07, 6.45) is 0. The molecule has 0 saturated carbocycles. The van der Waals surface area contributed by atoms with E-state index in [-0.39, 0.29) is 24.1 Å². The zero-order chi connectivity index (χ0) is 13.4. The lowest BCUT2D eigenvalue weighted by molar-refractivity contribution is -0.120. The van der Waals surface area contributed by atoms with Gasteiger partial charge in [-0.25, -0.2) is 0 Å². The maximum absolute atomic E-state index is 11.4. The fourth-order valence-electron chi connectivity index (χ4n) is 1.21. The van der Waals surface area contributed by atoms with Crippen LogP contribution in [0.1, 0.15) is 6.92 Å². The van der Waals surface area contributed by atoms with E-state index in [0.29, 0.717) is 18.0 Å². The molecular weight excluding hydrogens is 252 g/mol. The topological polar surface area (TPSA) is 73.6 Å². The van der Waals surface area contributed by atoms with E-state index in [2.05, 4.69) is 5.32 Å². The number of carbonyl (C=O) groups excluding carboxylic acids is 1. The Bertz CT molecular complexity index is 424. The van der Waals surface area contributed by atoms with Crippen LogP contribution in [0.15, 0.2) is 24.3 Å². The Kier molecular flexibility index (Phi) is 6.10. The van der Waals surface area contributed by atoms with Crippen LogP contribution in [-0.4, -0.2) is 30.7 Å². The highest BCUT2D eigenvalue weighted by Gasteiger charge is 2.03. The SMILES string of the molecule is CCOCC(=O)Nc1cccc(OCC(N)=S)c1. The average Bonchev–Trinajstić information content (AvgIpc) is 2.34. The first-order chi connectivity index (χ1) is 8.61. The molecule has 0 radical (unpaired) electrons. The summed E-state index contributed by atoms with van der Waals surface area (Å²) >= 11 is 4.71. The van der Waals surface area contributed by atoms with Crippen molar-refractivity contribution in [2.75, 3.05) is 25.1 Å². The molecule has 0 saturated heterocycles. The van der Waals surface area contributed by atoms with Gasteiger partial charge in [-0.3, -0.25) is 4.79 Å². The number of hydrogen-bond donors (Lipinski definition) is 2. The standard InChI is InChI=1S/C12H16N2O3S/c1-2-16-8-12(15)14-9-4-3-5-10(6-9)17-7-11(13)18/h3-6H,2,7-8H2,1H3,(H2,13,18)(H,14,15). The maximum Gasteiger partial charge on any atom is 0.250 e. The predicted octanol–water partition coefficient (Wildman–Crippen LogP) is 1.33. The number of hydrogen-bond acceptors (Lipinski definition) is 4. The van der Waals surface area contributed by atoms with E-state index in [1.807, 2.05) is 6.92 Å². The third-order valence-electron chi connectivity index (χ3n) is 1.94. The van der Waals surface area contributed by atoms with Crippen LogP contribution in [0.4, 0.5) is 5.69 Å². The Labute approximate surface area is 111 Å². The van der Waals surface area contributed by atoms with Gasteiger partial charge in [-0.2, -0.15) is 0 Å². The van der Waals surface area contributed by atoms with E-state index in [9.17, 15) is 4.79 Å². The highest BCUT2D eigenvalue weighted by Crippen LogP contribution is 2.17. The van der Waals surface area contributed by atoms with Crippen molar-refractivity contribution < 1.29 is 14.3 Å². The van der Waals surface area contributed by atoms with E-state index in [4.69, 9.17) is 27.4 Å². The zero-order valence-electron chi connectivity index (χ0n) is 10.1. The Balaban J connectivity index is 2.53. The Hall–Kier alpha value is -1.66. The molecule has 0 aliphatic heterocycles. The fraction of sp³-hybridized carbons (Fsp3) is 0.333. The number of carbonyl (C=O) groups is 1. The molecule has 0 spiro atoms. The Morgan fingerprint density at radius 1 is 1.44 bits per heavy atom. The summed E-state index contributed by atoms with van der Waals surface area (Å²) in [5, 5.41) is 2.70. The molecule has 0 atom stereocenters. The lowest BCUT2D eigenvalue weighted by Gasteiger charge is -2.08. The summed E-state index contributed by atoms with van der Waals surface area (Å²) in [4.78, 5) is 11.7. The molecule has 3 N–H and O–H groups in total. The molecule has 1 aromatic carbocycles. The summed E-state index contributed by atoms with van der Waals surface area (Å²) in [6, 6.07) is 6.99. The summed E-state index contributed by atoms with van der Waals surface area (Å²) in [6.45, 7) is 2.54. The number of nitrogens with one attached hydrogen (secondary N) is 1. The molecule has 0 fully saturated rings. The van der Waals surface area contributed by atoms with Crippen LogP contribution in [0.2, 0.25) is 0 Å². The van der Waals surface area contributed by atoms with Crippen molar-refractivity contribution in [3.05, 3.63) is 24.3 Å². The molecule has 1 amide bonds. The van der Waals surface area contributed by atoms with E-state index in [0.717, 1.165) is 0 Å². The Morgan fingerprint density at radius 3 is 2.89 bits per heavy atom. The largest absolute Gasteiger partial charge is 0.486 e. The van der Waals surface area contributed by atoms with Gasteiger partial charge in [0.1, 0.15) is 24.0 Å². The number of nitrogens with two attached hydrogens (primary N) is 1. The van der Waals surface area contributed by atoms with Crippen molar-refractivity contribution in [1.82, 2.24) is 0 Å². The second kappa shape index (κ2) is 7.62. The molecule has 6 heteroatoms. The van der Waals surface area contributed by atoms with E-state index >= 15 is 0 Å². The lowest BCUT2D eigenvalue weighted by atomic mass is 10.3. The van der Waals surface area contributed by atoms with Crippen molar-refractivity contribution in [2.24, 2.45) is 5.73 Å². The zero-order valence-corrected chi connectivity index (χ0v) is 11.0. The van der Waals surface area contributed by atoms with Gasteiger partial charge in [0.05, 0.1) is 0 Å². The highest BCUT2D eigenvalue weighted by atomic mass is 32.1. The first-order valence-electron chi connectivity index (χ1n) is 5.50. The number of benzene rings is 1. The second-order valence-electron chi connectivity index (χ2n) is 3.47. The summed E-state index contributed by atoms with van der Waals surface area (Å²) in [5.74, 6) is 0.389. The molecule has 1 aromatic rings. The van der Waals surface area contributed by atoms with Gasteiger partial charge in [0.15, 0.2) is 0 Å². The van der Waals surface area contributed by atoms with Crippen molar-refractivity contribution in [3.8, 4) is 5.75 Å². The number of anilines is 1. The van der Waals surface area contributed by atoms with Crippen molar-refractivity contribution >= 4 is 28.8 Å². The van der Waals surface area contributed by atoms with Gasteiger partial charge < -0.3 is 20.5 Å². The number of ether oxygens (including phenoxy) is 2. The van der Waals surface area contributed by atoms with Crippen LogP contribution >= 0.6 is 12.2 Å². The van der Waals surface area contributed by atoms with Crippen LogP contribution in [-0.2, 0) is 9.53 Å². The monoisotopic (exact) mass is 268 g/mol. The van der Waals surface area contributed by atoms with E-state index in [1.165, 1.54) is 0 Å². The van der Waals surface area contributed by atoms with Crippen molar-refractivity contribution in [1.29, 1.82) is 0 Å². The number of rotatable bonds is 7. The van der Waals surface area contributed by atoms with Gasteiger partial charge in [-0.1, -0.05) is 18.3 Å². The number of amides is 1. The van der Waals surface area contributed by atoms with Gasteiger partial charge in [0, 0.05) is 18.4 Å². The molecule has 0 bridgehead atoms. The summed E-state index contributed by atoms with van der Waals surface area (Å²) < 4.78 is 10.3. The third-order valence-corrected chi connectivity index (χ3v) is 2.05. The molecule has 0 aliphatic rings. The van der Waals surface area contributed by atoms with E-state index < -0.39 is 0 Å². The minimum absolute atomic E-state index is 0.0362. The number of thiocarbonyl (C=S) groups is 1. The average molecular weight is 268 g/mol. The molecule has 0 unspecified atom stereocenters. The van der Waals surface area contributed by atoms with Gasteiger partial charge in [-0.05, 0) is 19.1 Å². The van der Waals surface area contributed by atoms with Gasteiger partial charge >= 0.3 is 0 Å². The molecular formula is C12H16N2O3S. The van der Waals surface area contributed by atoms with Crippen LogP contribution < -0.4 is 15.8 Å². The minimum Gasteiger partial charge on any atom is -0.486 e. The molecule has 98 valence electrons. The molecule has 5 nitrogen and oxygen atoms in total. The second-order valence-corrected chi connectivity index (χ2v) is 3.99. The molecule has 18 heavy (non-hydrogen) atoms. The van der Waals surface area contributed by atoms with Gasteiger partial charge in [0.25, 0.3) is 0 Å². The first kappa shape index (κ1) is 14.4. The fourth-order valence-corrected chi connectivity index (χ4v) is 1.27. The smallest absolute Gasteiger partial charge is 0.250 e. The molecule has 1 rings (SSSR count). The quantitative estimate of drug-likeness (QED) is 0.730. The summed E-state index contributed by atoms with van der Waals surface area (Å²) in [5.41, 5.74) is 5.97. The third kappa shape index (κ3) is 5.60. The van der Waals surface area contributed by atoms with Crippen LogP contribution in [0, 0.1) is 0 Å². The highest BCUT2D eigenvalue weighted by molar-refractivity contribution is 7.80. The first-order valence-corrected chi connectivity index (χ1v) is 5.91. The molecule has 0 heterocycles. The normalized spacial score (nSPS) is 9.83. The van der Waals surface area contributed by atoms with Crippen LogP contribution in [0.25, 0.3) is 0 Å². The van der Waals surface area contributed by atoms with Crippen LogP contribution in [0.3, 0.4) is 0 Å². The lowest BCUT2D eigenvalue weighted by Crippen LogP contribution is -2.19. The van der Waals surface area contributed by atoms with Crippen LogP contribution in [0.5, 0.6) is 5.75 Å². The van der Waals surface area contributed by atoms with E-state index in [1.54, 1.807) is 24.3 Å². The van der Waals surface area contributed by atoms with Gasteiger partial charge in [0.2, 0.25) is 5.91 Å². The molecule has 0 aromatic heterocycles. The van der Waals surface area contributed by atoms with Gasteiger partial charge in [-0.15, -0.1) is 0 Å². The minimum atomic E-state index is -0.205. The maximum atomic E-state index is 11.4.